The first-order valence-corrected chi connectivity index (χ1v) is 15.2. The van der Waals surface area contributed by atoms with E-state index in [1.807, 2.05) is 0 Å². The highest BCUT2D eigenvalue weighted by Gasteiger charge is 2.41. The predicted molar refractivity (Wildman–Crippen MR) is 127 cm³/mol. The summed E-state index contributed by atoms with van der Waals surface area (Å²) in [5.74, 6) is 0. The van der Waals surface area contributed by atoms with Crippen LogP contribution in [0.4, 0.5) is 0 Å². The van der Waals surface area contributed by atoms with Crippen molar-refractivity contribution in [3.05, 3.63) is 0 Å². The topological polar surface area (TPSA) is 168 Å². The SMILES string of the molecule is CCCCCCCCCCCCCCCCCC1(CC)CO1.O=P(O)(O)O.O=P(O)(O)O. The van der Waals surface area contributed by atoms with Crippen molar-refractivity contribution in [1.82, 2.24) is 0 Å². The fourth-order valence-electron chi connectivity index (χ4n) is 3.45. The molecule has 1 atom stereocenters. The predicted octanol–water partition coefficient (Wildman–Crippen LogP) is 5.57. The molecule has 1 rings (SSSR count). The zero-order chi connectivity index (χ0) is 24.9. The second-order valence-electron chi connectivity index (χ2n) is 8.55. The molecule has 0 saturated carbocycles. The van der Waals surface area contributed by atoms with Gasteiger partial charge in [0.2, 0.25) is 0 Å². The zero-order valence-electron chi connectivity index (χ0n) is 20.0. The molecule has 11 heteroatoms. The average molecular weight is 507 g/mol. The number of unbranched alkanes of at least 4 members (excludes halogenated alkanes) is 14. The largest absolute Gasteiger partial charge is 0.466 e. The number of ether oxygens (including phenoxy) is 1. The number of epoxide rings is 1. The summed E-state index contributed by atoms with van der Waals surface area (Å²) in [6.45, 7) is 5.59. The lowest BCUT2D eigenvalue weighted by Crippen LogP contribution is -2.08. The van der Waals surface area contributed by atoms with Crippen molar-refractivity contribution in [3.8, 4) is 0 Å². The Morgan fingerprint density at radius 2 is 0.844 bits per heavy atom. The average Bonchev–Trinajstić information content (AvgIpc) is 3.43. The first-order chi connectivity index (χ1) is 14.8. The van der Waals surface area contributed by atoms with Crippen molar-refractivity contribution < 1.29 is 43.2 Å². The molecule has 1 unspecified atom stereocenters. The van der Waals surface area contributed by atoms with Crippen LogP contribution in [-0.4, -0.2) is 41.6 Å². The minimum atomic E-state index is -4.64. The molecule has 32 heavy (non-hydrogen) atoms. The van der Waals surface area contributed by atoms with Crippen LogP contribution in [0.1, 0.15) is 123 Å². The highest BCUT2D eigenvalue weighted by Crippen LogP contribution is 2.36. The van der Waals surface area contributed by atoms with Crippen LogP contribution in [0.3, 0.4) is 0 Å². The summed E-state index contributed by atoms with van der Waals surface area (Å²) < 4.78 is 23.3. The van der Waals surface area contributed by atoms with Gasteiger partial charge < -0.3 is 34.1 Å². The van der Waals surface area contributed by atoms with Crippen molar-refractivity contribution in [2.75, 3.05) is 6.61 Å². The Balaban J connectivity index is 0. The van der Waals surface area contributed by atoms with Gasteiger partial charge in [0.15, 0.2) is 0 Å². The first-order valence-electron chi connectivity index (χ1n) is 12.0. The highest BCUT2D eigenvalue weighted by atomic mass is 31.2. The molecule has 0 aromatic heterocycles. The van der Waals surface area contributed by atoms with Crippen LogP contribution in [0.2, 0.25) is 0 Å². The lowest BCUT2D eigenvalue weighted by Gasteiger charge is -2.08. The molecule has 0 spiro atoms. The summed E-state index contributed by atoms with van der Waals surface area (Å²) in [6.07, 6.45) is 24.3. The minimum absolute atomic E-state index is 0.330. The molecule has 0 aromatic carbocycles. The van der Waals surface area contributed by atoms with Crippen LogP contribution >= 0.6 is 15.6 Å². The molecular formula is C21H48O9P2. The molecule has 0 radical (unpaired) electrons. The molecule has 0 aromatic rings. The number of rotatable bonds is 17. The van der Waals surface area contributed by atoms with E-state index in [9.17, 15) is 0 Å². The van der Waals surface area contributed by atoms with Crippen molar-refractivity contribution in [3.63, 3.8) is 0 Å². The molecule has 1 saturated heterocycles. The Bertz CT molecular complexity index is 465. The Morgan fingerprint density at radius 3 is 1.06 bits per heavy atom. The maximum absolute atomic E-state index is 8.88. The maximum atomic E-state index is 8.88. The van der Waals surface area contributed by atoms with Crippen molar-refractivity contribution in [2.45, 2.75) is 129 Å². The molecule has 1 heterocycles. The van der Waals surface area contributed by atoms with E-state index < -0.39 is 15.6 Å². The van der Waals surface area contributed by atoms with Crippen LogP contribution < -0.4 is 0 Å². The van der Waals surface area contributed by atoms with Crippen molar-refractivity contribution in [2.24, 2.45) is 0 Å². The fourth-order valence-corrected chi connectivity index (χ4v) is 3.45. The summed E-state index contributed by atoms with van der Waals surface area (Å²) in [4.78, 5) is 43.1. The van der Waals surface area contributed by atoms with Gasteiger partial charge in [-0.2, -0.15) is 0 Å². The van der Waals surface area contributed by atoms with Gasteiger partial charge in [0.1, 0.15) is 0 Å². The van der Waals surface area contributed by atoms with Crippen molar-refractivity contribution >= 4 is 15.6 Å². The third-order valence-corrected chi connectivity index (χ3v) is 5.43. The quantitative estimate of drug-likeness (QED) is 0.0839. The van der Waals surface area contributed by atoms with Crippen LogP contribution in [0, 0.1) is 0 Å². The molecule has 196 valence electrons. The standard InChI is InChI=1S/C21H42O.2H3O4P/c1-3-5-6-7-8-9-10-11-12-13-14-15-16-17-18-19-21(4-2)20-22-21;2*1-5(2,3)4/h3-20H2,1-2H3;2*(H3,1,2,3,4). The molecule has 0 amide bonds. The van der Waals surface area contributed by atoms with Crippen LogP contribution in [0.15, 0.2) is 0 Å². The van der Waals surface area contributed by atoms with Gasteiger partial charge >= 0.3 is 15.6 Å². The van der Waals surface area contributed by atoms with Gasteiger partial charge in [0.25, 0.3) is 0 Å². The molecule has 6 N–H and O–H groups in total. The van der Waals surface area contributed by atoms with Gasteiger partial charge in [0, 0.05) is 0 Å². The Morgan fingerprint density at radius 1 is 0.594 bits per heavy atom. The fraction of sp³-hybridized carbons (Fsp3) is 1.00. The summed E-state index contributed by atoms with van der Waals surface area (Å²) in [5, 5.41) is 0. The van der Waals surface area contributed by atoms with Gasteiger partial charge in [-0.3, -0.25) is 0 Å². The lowest BCUT2D eigenvalue weighted by molar-refractivity contribution is 0.272. The summed E-state index contributed by atoms with van der Waals surface area (Å²) in [7, 11) is -9.28. The normalized spacial score (nSPS) is 17.8. The first kappa shape index (κ1) is 34.3. The Labute approximate surface area is 194 Å². The van der Waals surface area contributed by atoms with E-state index in [0.29, 0.717) is 5.60 Å². The van der Waals surface area contributed by atoms with Gasteiger partial charge in [0.05, 0.1) is 12.2 Å². The minimum Gasteiger partial charge on any atom is -0.370 e. The highest BCUT2D eigenvalue weighted by molar-refractivity contribution is 7.45. The van der Waals surface area contributed by atoms with E-state index in [1.54, 1.807) is 0 Å². The van der Waals surface area contributed by atoms with Crippen molar-refractivity contribution in [1.29, 1.82) is 0 Å². The second-order valence-corrected chi connectivity index (χ2v) is 10.6. The summed E-state index contributed by atoms with van der Waals surface area (Å²) in [6, 6.07) is 0. The molecule has 0 aliphatic carbocycles. The van der Waals surface area contributed by atoms with Crippen LogP contribution in [0.5, 0.6) is 0 Å². The monoisotopic (exact) mass is 506 g/mol. The molecule has 1 fully saturated rings. The Hall–Kier alpha value is 0.180. The van der Waals surface area contributed by atoms with Gasteiger partial charge in [-0.05, 0) is 12.8 Å². The number of hydrogen-bond acceptors (Lipinski definition) is 3. The molecule has 9 nitrogen and oxygen atoms in total. The smallest absolute Gasteiger partial charge is 0.370 e. The summed E-state index contributed by atoms with van der Waals surface area (Å²) >= 11 is 0. The number of hydrogen-bond donors (Lipinski definition) is 6. The van der Waals surface area contributed by atoms with E-state index in [1.165, 1.54) is 109 Å². The molecule has 0 bridgehead atoms. The van der Waals surface area contributed by atoms with Crippen LogP contribution in [-0.2, 0) is 13.9 Å². The molecule has 1 aliphatic heterocycles. The van der Waals surface area contributed by atoms with Crippen LogP contribution in [0.25, 0.3) is 0 Å². The summed E-state index contributed by atoms with van der Waals surface area (Å²) in [5.41, 5.74) is 0.330. The Kier molecular flexibility index (Phi) is 22.1. The second kappa shape index (κ2) is 20.5. The van der Waals surface area contributed by atoms with E-state index in [4.69, 9.17) is 43.2 Å². The third kappa shape index (κ3) is 37.5. The van der Waals surface area contributed by atoms with E-state index in [-0.39, 0.29) is 0 Å². The van der Waals surface area contributed by atoms with Gasteiger partial charge in [-0.15, -0.1) is 0 Å². The third-order valence-electron chi connectivity index (χ3n) is 5.43. The van der Waals surface area contributed by atoms with E-state index in [2.05, 4.69) is 13.8 Å². The maximum Gasteiger partial charge on any atom is 0.466 e. The molecular weight excluding hydrogens is 458 g/mol. The van der Waals surface area contributed by atoms with Gasteiger partial charge in [-0.25, -0.2) is 9.13 Å². The van der Waals surface area contributed by atoms with E-state index in [0.717, 1.165) is 6.61 Å². The zero-order valence-corrected chi connectivity index (χ0v) is 21.8. The molecule has 1 aliphatic rings. The van der Waals surface area contributed by atoms with E-state index >= 15 is 0 Å². The lowest BCUT2D eigenvalue weighted by atomic mass is 9.98. The number of phosphoric acid groups is 2. The van der Waals surface area contributed by atoms with Gasteiger partial charge in [-0.1, -0.05) is 110 Å².